The van der Waals surface area contributed by atoms with Crippen LogP contribution < -0.4 is 5.32 Å². The molecule has 0 aromatic heterocycles. The minimum atomic E-state index is -1.43. The zero-order valence-electron chi connectivity index (χ0n) is 9.96. The van der Waals surface area contributed by atoms with Crippen molar-refractivity contribution in [3.8, 4) is 0 Å². The molecule has 2 atom stereocenters. The molecule has 8 heteroatoms. The van der Waals surface area contributed by atoms with Crippen molar-refractivity contribution >= 4 is 18.0 Å². The smallest absolute Gasteiger partial charge is 0.326 e. The van der Waals surface area contributed by atoms with Gasteiger partial charge in [-0.2, -0.15) is 0 Å². The number of amides is 2. The van der Waals surface area contributed by atoms with E-state index in [0.29, 0.717) is 19.8 Å². The van der Waals surface area contributed by atoms with Crippen LogP contribution in [0.5, 0.6) is 0 Å². The summed E-state index contributed by atoms with van der Waals surface area (Å²) in [6.07, 6.45) is -0.653. The Bertz CT molecular complexity index is 345. The Morgan fingerprint density at radius 3 is 2.61 bits per heavy atom. The Balaban J connectivity index is 2.59. The molecule has 0 aromatic carbocycles. The van der Waals surface area contributed by atoms with Crippen LogP contribution in [0.3, 0.4) is 0 Å². The van der Waals surface area contributed by atoms with E-state index in [-0.39, 0.29) is 6.04 Å². The summed E-state index contributed by atoms with van der Waals surface area (Å²) in [4.78, 5) is 34.5. The number of morpholine rings is 1. The molecule has 1 aliphatic heterocycles. The van der Waals surface area contributed by atoms with Crippen LogP contribution in [-0.4, -0.2) is 64.9 Å². The number of urea groups is 1. The van der Waals surface area contributed by atoms with Crippen LogP contribution in [0.2, 0.25) is 0 Å². The quantitative estimate of drug-likeness (QED) is 0.618. The number of carboxylic acids is 2. The summed E-state index contributed by atoms with van der Waals surface area (Å²) in [5.41, 5.74) is 0. The number of hydrogen-bond donors (Lipinski definition) is 3. The number of nitrogens with zero attached hydrogens (tertiary/aromatic N) is 1. The molecule has 1 rings (SSSR count). The molecule has 0 radical (unpaired) electrons. The first-order valence-corrected chi connectivity index (χ1v) is 5.51. The van der Waals surface area contributed by atoms with Crippen molar-refractivity contribution in [3.05, 3.63) is 0 Å². The fourth-order valence-corrected chi connectivity index (χ4v) is 1.64. The predicted molar refractivity (Wildman–Crippen MR) is 59.2 cm³/mol. The maximum absolute atomic E-state index is 11.8. The first-order chi connectivity index (χ1) is 8.41. The monoisotopic (exact) mass is 260 g/mol. The summed E-state index contributed by atoms with van der Waals surface area (Å²) in [6.45, 7) is 2.89. The van der Waals surface area contributed by atoms with E-state index in [1.807, 2.05) is 0 Å². The Morgan fingerprint density at radius 2 is 2.11 bits per heavy atom. The zero-order chi connectivity index (χ0) is 13.7. The highest BCUT2D eigenvalue weighted by atomic mass is 16.5. The Morgan fingerprint density at radius 1 is 1.44 bits per heavy atom. The Kier molecular flexibility index (Phi) is 4.90. The van der Waals surface area contributed by atoms with Gasteiger partial charge in [-0.25, -0.2) is 9.59 Å². The number of carbonyl (C=O) groups is 3. The fraction of sp³-hybridized carbons (Fsp3) is 0.700. The van der Waals surface area contributed by atoms with Crippen LogP contribution in [0.15, 0.2) is 0 Å². The first-order valence-electron chi connectivity index (χ1n) is 5.51. The fourth-order valence-electron chi connectivity index (χ4n) is 1.64. The normalized spacial score (nSPS) is 21.2. The van der Waals surface area contributed by atoms with Crippen molar-refractivity contribution in [3.63, 3.8) is 0 Å². The van der Waals surface area contributed by atoms with Crippen molar-refractivity contribution in [2.24, 2.45) is 0 Å². The second-order valence-corrected chi connectivity index (χ2v) is 4.06. The first kappa shape index (κ1) is 14.2. The molecular formula is C10H16N2O6. The number of ether oxygens (including phenoxy) is 1. The molecular weight excluding hydrogens is 244 g/mol. The van der Waals surface area contributed by atoms with Gasteiger partial charge in [-0.05, 0) is 6.92 Å². The van der Waals surface area contributed by atoms with Gasteiger partial charge in [0.15, 0.2) is 0 Å². The van der Waals surface area contributed by atoms with Gasteiger partial charge in [0.2, 0.25) is 0 Å². The second-order valence-electron chi connectivity index (χ2n) is 4.06. The molecule has 1 fully saturated rings. The summed E-state index contributed by atoms with van der Waals surface area (Å²) in [5, 5.41) is 19.6. The summed E-state index contributed by atoms with van der Waals surface area (Å²) < 4.78 is 5.15. The third-order valence-corrected chi connectivity index (χ3v) is 2.60. The van der Waals surface area contributed by atoms with Crippen LogP contribution in [0, 0.1) is 0 Å². The molecule has 2 amide bonds. The van der Waals surface area contributed by atoms with Gasteiger partial charge in [0.25, 0.3) is 0 Å². The molecule has 18 heavy (non-hydrogen) atoms. The molecule has 0 spiro atoms. The number of rotatable bonds is 4. The molecule has 1 saturated heterocycles. The van der Waals surface area contributed by atoms with Gasteiger partial charge >= 0.3 is 18.0 Å². The Labute approximate surface area is 104 Å². The van der Waals surface area contributed by atoms with E-state index in [1.54, 1.807) is 6.92 Å². The highest BCUT2D eigenvalue weighted by Crippen LogP contribution is 2.07. The lowest BCUT2D eigenvalue weighted by Crippen LogP contribution is -2.55. The van der Waals surface area contributed by atoms with Crippen molar-refractivity contribution in [1.82, 2.24) is 10.2 Å². The van der Waals surface area contributed by atoms with Crippen LogP contribution in [0.1, 0.15) is 13.3 Å². The molecule has 102 valence electrons. The van der Waals surface area contributed by atoms with Gasteiger partial charge in [-0.3, -0.25) is 4.79 Å². The minimum Gasteiger partial charge on any atom is -0.481 e. The molecule has 0 aromatic rings. The number of hydrogen-bond acceptors (Lipinski definition) is 4. The van der Waals surface area contributed by atoms with Crippen LogP contribution in [-0.2, 0) is 14.3 Å². The number of carboxylic acid groups (broad SMARTS) is 2. The van der Waals surface area contributed by atoms with Gasteiger partial charge in [0, 0.05) is 6.54 Å². The minimum absolute atomic E-state index is 0.168. The van der Waals surface area contributed by atoms with E-state index in [2.05, 4.69) is 5.32 Å². The lowest BCUT2D eigenvalue weighted by Gasteiger charge is -2.33. The van der Waals surface area contributed by atoms with E-state index < -0.39 is 30.4 Å². The molecule has 3 N–H and O–H groups in total. The van der Waals surface area contributed by atoms with Gasteiger partial charge < -0.3 is 25.2 Å². The lowest BCUT2D eigenvalue weighted by atomic mass is 10.2. The highest BCUT2D eigenvalue weighted by molar-refractivity contribution is 5.86. The van der Waals surface area contributed by atoms with Crippen molar-refractivity contribution in [2.45, 2.75) is 25.4 Å². The van der Waals surface area contributed by atoms with Gasteiger partial charge in [-0.1, -0.05) is 0 Å². The molecule has 2 unspecified atom stereocenters. The average molecular weight is 260 g/mol. The maximum Gasteiger partial charge on any atom is 0.326 e. The lowest BCUT2D eigenvalue weighted by molar-refractivity contribution is -0.145. The van der Waals surface area contributed by atoms with E-state index >= 15 is 0 Å². The summed E-state index contributed by atoms with van der Waals surface area (Å²) in [7, 11) is 0. The predicted octanol–water partition coefficient (Wildman–Crippen LogP) is -0.655. The summed E-state index contributed by atoms with van der Waals surface area (Å²) >= 11 is 0. The number of carbonyl (C=O) groups excluding carboxylic acids is 1. The average Bonchev–Trinajstić information content (AvgIpc) is 2.27. The van der Waals surface area contributed by atoms with Crippen LogP contribution in [0.4, 0.5) is 4.79 Å². The molecule has 1 heterocycles. The van der Waals surface area contributed by atoms with Crippen molar-refractivity contribution in [1.29, 1.82) is 0 Å². The third-order valence-electron chi connectivity index (χ3n) is 2.60. The molecule has 0 bridgehead atoms. The number of aliphatic carboxylic acids is 2. The third kappa shape index (κ3) is 3.88. The largest absolute Gasteiger partial charge is 0.481 e. The Hall–Kier alpha value is -1.83. The van der Waals surface area contributed by atoms with Gasteiger partial charge in [0.1, 0.15) is 6.04 Å². The zero-order valence-corrected chi connectivity index (χ0v) is 9.96. The second kappa shape index (κ2) is 6.20. The van der Waals surface area contributed by atoms with E-state index in [9.17, 15) is 14.4 Å². The molecule has 1 aliphatic rings. The van der Waals surface area contributed by atoms with Crippen molar-refractivity contribution < 1.29 is 29.3 Å². The standard InChI is InChI=1S/C10H16N2O6/c1-6-5-18-3-2-12(6)10(17)11-7(9(15)16)4-8(13)14/h6-7H,2-5H2,1H3,(H,11,17)(H,13,14)(H,15,16). The summed E-state index contributed by atoms with van der Waals surface area (Å²) in [6, 6.07) is -2.18. The van der Waals surface area contributed by atoms with Crippen LogP contribution in [0.25, 0.3) is 0 Å². The van der Waals surface area contributed by atoms with Crippen molar-refractivity contribution in [2.75, 3.05) is 19.8 Å². The highest BCUT2D eigenvalue weighted by Gasteiger charge is 2.29. The van der Waals surface area contributed by atoms with E-state index in [4.69, 9.17) is 14.9 Å². The topological polar surface area (TPSA) is 116 Å². The van der Waals surface area contributed by atoms with Gasteiger partial charge in [0.05, 0.1) is 25.7 Å². The molecule has 0 saturated carbocycles. The molecule has 8 nitrogen and oxygen atoms in total. The van der Waals surface area contributed by atoms with E-state index in [0.717, 1.165) is 0 Å². The SMILES string of the molecule is CC1COCCN1C(=O)NC(CC(=O)O)C(=O)O. The van der Waals surface area contributed by atoms with Crippen LogP contribution >= 0.6 is 0 Å². The van der Waals surface area contributed by atoms with E-state index in [1.165, 1.54) is 4.90 Å². The number of nitrogens with one attached hydrogen (secondary N) is 1. The summed E-state index contributed by atoms with van der Waals surface area (Å²) in [5.74, 6) is -2.65. The molecule has 0 aliphatic carbocycles. The maximum atomic E-state index is 11.8. The van der Waals surface area contributed by atoms with Gasteiger partial charge in [-0.15, -0.1) is 0 Å².